The Balaban J connectivity index is 2.33. The molecule has 0 bridgehead atoms. The van der Waals surface area contributed by atoms with Crippen LogP contribution in [-0.2, 0) is 4.79 Å². The zero-order valence-corrected chi connectivity index (χ0v) is 10.0. The van der Waals surface area contributed by atoms with E-state index in [0.29, 0.717) is 11.4 Å². The molecule has 5 heteroatoms. The summed E-state index contributed by atoms with van der Waals surface area (Å²) in [4.78, 5) is 26.4. The number of benzene rings is 1. The molecule has 1 aromatic rings. The van der Waals surface area contributed by atoms with Crippen molar-refractivity contribution in [3.63, 3.8) is 0 Å². The van der Waals surface area contributed by atoms with E-state index >= 15 is 0 Å². The minimum absolute atomic E-state index is 0.206. The van der Waals surface area contributed by atoms with Crippen LogP contribution < -0.4 is 9.64 Å². The van der Waals surface area contributed by atoms with E-state index in [2.05, 4.69) is 0 Å². The SMILES string of the molecule is COc1ccc(N2C(=O)C(C)N(C)C2=O)cc1. The first-order chi connectivity index (χ1) is 8.06. The molecule has 0 aromatic heterocycles. The third kappa shape index (κ3) is 1.73. The molecule has 90 valence electrons. The third-order valence-corrected chi connectivity index (χ3v) is 2.98. The number of nitrogens with zero attached hydrogens (tertiary/aromatic N) is 2. The van der Waals surface area contributed by atoms with E-state index in [9.17, 15) is 9.59 Å². The maximum absolute atomic E-state index is 11.9. The topological polar surface area (TPSA) is 49.9 Å². The fourth-order valence-corrected chi connectivity index (χ4v) is 1.74. The van der Waals surface area contributed by atoms with Crippen molar-refractivity contribution < 1.29 is 14.3 Å². The van der Waals surface area contributed by atoms with Crippen LogP contribution in [0.2, 0.25) is 0 Å². The van der Waals surface area contributed by atoms with Crippen molar-refractivity contribution in [1.82, 2.24) is 4.90 Å². The Hall–Kier alpha value is -2.04. The van der Waals surface area contributed by atoms with Gasteiger partial charge in [0.1, 0.15) is 11.8 Å². The Morgan fingerprint density at radius 1 is 1.18 bits per heavy atom. The summed E-state index contributed by atoms with van der Waals surface area (Å²) in [6, 6.07) is 6.12. The van der Waals surface area contributed by atoms with Crippen LogP contribution in [0.3, 0.4) is 0 Å². The van der Waals surface area contributed by atoms with Gasteiger partial charge in [0, 0.05) is 7.05 Å². The average Bonchev–Trinajstić information content (AvgIpc) is 2.54. The van der Waals surface area contributed by atoms with Gasteiger partial charge in [0.2, 0.25) is 0 Å². The molecule has 0 aliphatic carbocycles. The highest BCUT2D eigenvalue weighted by Gasteiger charge is 2.40. The molecular weight excluding hydrogens is 220 g/mol. The number of hydrogen-bond donors (Lipinski definition) is 0. The van der Waals surface area contributed by atoms with E-state index in [4.69, 9.17) is 4.74 Å². The van der Waals surface area contributed by atoms with Crippen molar-refractivity contribution in [1.29, 1.82) is 0 Å². The third-order valence-electron chi connectivity index (χ3n) is 2.98. The van der Waals surface area contributed by atoms with Gasteiger partial charge in [-0.25, -0.2) is 9.69 Å². The van der Waals surface area contributed by atoms with Crippen molar-refractivity contribution in [2.45, 2.75) is 13.0 Å². The van der Waals surface area contributed by atoms with E-state index < -0.39 is 6.04 Å². The number of carbonyl (C=O) groups is 2. The van der Waals surface area contributed by atoms with E-state index in [1.165, 1.54) is 9.80 Å². The molecule has 1 unspecified atom stereocenters. The first-order valence-corrected chi connectivity index (χ1v) is 5.31. The van der Waals surface area contributed by atoms with E-state index in [-0.39, 0.29) is 11.9 Å². The molecule has 1 atom stereocenters. The van der Waals surface area contributed by atoms with Gasteiger partial charge in [0.15, 0.2) is 0 Å². The van der Waals surface area contributed by atoms with Crippen LogP contribution in [0.15, 0.2) is 24.3 Å². The van der Waals surface area contributed by atoms with Gasteiger partial charge in [0.25, 0.3) is 5.91 Å². The highest BCUT2D eigenvalue weighted by atomic mass is 16.5. The zero-order chi connectivity index (χ0) is 12.6. The summed E-state index contributed by atoms with van der Waals surface area (Å²) >= 11 is 0. The molecule has 0 radical (unpaired) electrons. The first kappa shape index (κ1) is 11.4. The highest BCUT2D eigenvalue weighted by Crippen LogP contribution is 2.25. The number of urea groups is 1. The molecule has 3 amide bonds. The lowest BCUT2D eigenvalue weighted by Gasteiger charge is -2.14. The number of anilines is 1. The molecular formula is C12H14N2O3. The zero-order valence-electron chi connectivity index (χ0n) is 10.0. The number of imide groups is 1. The summed E-state index contributed by atoms with van der Waals surface area (Å²) < 4.78 is 5.03. The van der Waals surface area contributed by atoms with Crippen molar-refractivity contribution in [3.05, 3.63) is 24.3 Å². The normalized spacial score (nSPS) is 20.1. The number of carbonyl (C=O) groups excluding carboxylic acids is 2. The van der Waals surface area contributed by atoms with Gasteiger partial charge in [-0.1, -0.05) is 0 Å². The molecule has 1 fully saturated rings. The molecule has 1 aliphatic heterocycles. The average molecular weight is 234 g/mol. The van der Waals surface area contributed by atoms with Gasteiger partial charge in [-0.05, 0) is 31.2 Å². The number of methoxy groups -OCH3 is 1. The lowest BCUT2D eigenvalue weighted by molar-refractivity contribution is -0.119. The van der Waals surface area contributed by atoms with Crippen molar-refractivity contribution in [2.75, 3.05) is 19.1 Å². The minimum atomic E-state index is -0.412. The second kappa shape index (κ2) is 4.08. The Morgan fingerprint density at radius 3 is 2.18 bits per heavy atom. The van der Waals surface area contributed by atoms with Crippen molar-refractivity contribution in [2.24, 2.45) is 0 Å². The number of rotatable bonds is 2. The Kier molecular flexibility index (Phi) is 2.75. The lowest BCUT2D eigenvalue weighted by Crippen LogP contribution is -2.31. The van der Waals surface area contributed by atoms with Crippen molar-refractivity contribution in [3.8, 4) is 5.75 Å². The van der Waals surface area contributed by atoms with Gasteiger partial charge >= 0.3 is 6.03 Å². The van der Waals surface area contributed by atoms with Gasteiger partial charge in [-0.3, -0.25) is 4.79 Å². The summed E-state index contributed by atoms with van der Waals surface area (Å²) in [7, 11) is 3.19. The van der Waals surface area contributed by atoms with Gasteiger partial charge in [-0.15, -0.1) is 0 Å². The second-order valence-corrected chi connectivity index (χ2v) is 3.94. The Morgan fingerprint density at radius 2 is 1.76 bits per heavy atom. The monoisotopic (exact) mass is 234 g/mol. The van der Waals surface area contributed by atoms with Gasteiger partial charge in [-0.2, -0.15) is 0 Å². The summed E-state index contributed by atoms with van der Waals surface area (Å²) in [6.07, 6.45) is 0. The maximum atomic E-state index is 11.9. The lowest BCUT2D eigenvalue weighted by atomic mass is 10.2. The standard InChI is InChI=1S/C12H14N2O3/c1-8-11(15)14(12(16)13(8)2)9-4-6-10(17-3)7-5-9/h4-8H,1-3H3. The van der Waals surface area contributed by atoms with E-state index in [1.54, 1.807) is 45.3 Å². The quantitative estimate of drug-likeness (QED) is 0.728. The van der Waals surface area contributed by atoms with Crippen LogP contribution in [0.5, 0.6) is 5.75 Å². The molecule has 1 aromatic carbocycles. The first-order valence-electron chi connectivity index (χ1n) is 5.31. The fourth-order valence-electron chi connectivity index (χ4n) is 1.74. The fraction of sp³-hybridized carbons (Fsp3) is 0.333. The van der Waals surface area contributed by atoms with E-state index in [0.717, 1.165) is 0 Å². The second-order valence-electron chi connectivity index (χ2n) is 3.94. The van der Waals surface area contributed by atoms with Crippen LogP contribution in [-0.4, -0.2) is 37.0 Å². The molecule has 5 nitrogen and oxygen atoms in total. The number of ether oxygens (including phenoxy) is 1. The highest BCUT2D eigenvalue weighted by molar-refractivity contribution is 6.21. The van der Waals surface area contributed by atoms with Crippen LogP contribution in [0.1, 0.15) is 6.92 Å². The summed E-state index contributed by atoms with van der Waals surface area (Å²) in [5.41, 5.74) is 0.567. The summed E-state index contributed by atoms with van der Waals surface area (Å²) in [5, 5.41) is 0. The van der Waals surface area contributed by atoms with Crippen molar-refractivity contribution >= 4 is 17.6 Å². The number of likely N-dealkylation sites (N-methyl/N-ethyl adjacent to an activating group) is 1. The molecule has 1 aliphatic rings. The smallest absolute Gasteiger partial charge is 0.331 e. The molecule has 2 rings (SSSR count). The van der Waals surface area contributed by atoms with Crippen LogP contribution >= 0.6 is 0 Å². The van der Waals surface area contributed by atoms with Crippen LogP contribution in [0.4, 0.5) is 10.5 Å². The summed E-state index contributed by atoms with van der Waals surface area (Å²) in [5.74, 6) is 0.483. The molecule has 17 heavy (non-hydrogen) atoms. The van der Waals surface area contributed by atoms with Gasteiger partial charge < -0.3 is 9.64 Å². The molecule has 0 N–H and O–H groups in total. The van der Waals surface area contributed by atoms with Crippen LogP contribution in [0.25, 0.3) is 0 Å². The maximum Gasteiger partial charge on any atom is 0.331 e. The molecule has 0 saturated carbocycles. The molecule has 1 heterocycles. The molecule has 0 spiro atoms. The van der Waals surface area contributed by atoms with E-state index in [1.807, 2.05) is 0 Å². The predicted molar refractivity (Wildman–Crippen MR) is 63.1 cm³/mol. The molecule has 1 saturated heterocycles. The number of amides is 3. The van der Waals surface area contributed by atoms with Gasteiger partial charge in [0.05, 0.1) is 12.8 Å². The number of hydrogen-bond acceptors (Lipinski definition) is 3. The summed E-state index contributed by atoms with van der Waals surface area (Å²) in [6.45, 7) is 1.71. The predicted octanol–water partition coefficient (Wildman–Crippen LogP) is 1.48. The Labute approximate surface area is 99.6 Å². The Bertz CT molecular complexity index is 435. The largest absolute Gasteiger partial charge is 0.497 e. The minimum Gasteiger partial charge on any atom is -0.497 e. The van der Waals surface area contributed by atoms with Crippen LogP contribution in [0, 0.1) is 0 Å².